The van der Waals surface area contributed by atoms with Gasteiger partial charge in [0.2, 0.25) is 5.91 Å². The molecular weight excluding hydrogens is 427 g/mol. The molecule has 32 heavy (non-hydrogen) atoms. The lowest BCUT2D eigenvalue weighted by Gasteiger charge is -2.16. The van der Waals surface area contributed by atoms with Gasteiger partial charge in [0, 0.05) is 6.54 Å². The largest absolute Gasteiger partial charge is 0.350 e. The van der Waals surface area contributed by atoms with Crippen molar-refractivity contribution >= 4 is 39.1 Å². The second kappa shape index (κ2) is 8.39. The summed E-state index contributed by atoms with van der Waals surface area (Å²) in [4.78, 5) is 25.9. The van der Waals surface area contributed by atoms with Crippen molar-refractivity contribution in [2.45, 2.75) is 13.1 Å². The number of carbonyl (C=O) groups excluding carboxylic acids is 2. The van der Waals surface area contributed by atoms with E-state index >= 15 is 0 Å². The fourth-order valence-corrected chi connectivity index (χ4v) is 4.53. The minimum absolute atomic E-state index is 0.213. The topological polar surface area (TPSA) is 66.7 Å². The Morgan fingerprint density at radius 3 is 2.66 bits per heavy atom. The highest BCUT2D eigenvalue weighted by Crippen LogP contribution is 2.28. The summed E-state index contributed by atoms with van der Waals surface area (Å²) in [5.41, 5.74) is 3.84. The predicted molar refractivity (Wildman–Crippen MR) is 122 cm³/mol. The number of nitrogens with zero attached hydrogens (tertiary/aromatic N) is 3. The molecule has 4 aromatic rings. The Morgan fingerprint density at radius 2 is 1.88 bits per heavy atom. The highest BCUT2D eigenvalue weighted by atomic mass is 32.1. The molecule has 2 aromatic carbocycles. The van der Waals surface area contributed by atoms with Crippen LogP contribution in [0.25, 0.3) is 10.2 Å². The molecule has 5 rings (SSSR count). The summed E-state index contributed by atoms with van der Waals surface area (Å²) in [7, 11) is 0. The Balaban J connectivity index is 1.43. The third kappa shape index (κ3) is 3.92. The number of fused-ring (bicyclic) bond motifs is 3. The predicted octanol–water partition coefficient (Wildman–Crippen LogP) is 4.02. The number of aromatic nitrogens is 1. The zero-order valence-electron chi connectivity index (χ0n) is 17.0. The van der Waals surface area contributed by atoms with E-state index in [0.717, 1.165) is 21.3 Å². The molecule has 1 aliphatic heterocycles. The van der Waals surface area contributed by atoms with E-state index < -0.39 is 0 Å². The Kier molecular flexibility index (Phi) is 5.28. The molecule has 3 heterocycles. The van der Waals surface area contributed by atoms with Gasteiger partial charge in [-0.25, -0.2) is 9.40 Å². The molecule has 0 saturated heterocycles. The minimum atomic E-state index is -0.347. The summed E-state index contributed by atoms with van der Waals surface area (Å²) in [5, 5.41) is 10.6. The number of amides is 2. The molecule has 0 spiro atoms. The van der Waals surface area contributed by atoms with Gasteiger partial charge in [-0.05, 0) is 40.8 Å². The van der Waals surface area contributed by atoms with E-state index in [2.05, 4.69) is 10.4 Å². The number of carbonyl (C=O) groups is 2. The average Bonchev–Trinajstić information content (AvgIpc) is 3.37. The second-order valence-corrected chi connectivity index (χ2v) is 8.41. The number of halogens is 1. The standard InChI is InChI=1S/C24H19FN4O2S/c25-18-8-6-16(7-9-18)13-26-23(30)15-29-24(31)21-12-22-20(10-11-32-22)28(21)14-19(27-29)17-4-2-1-3-5-17/h1-12H,13-15H2,(H,26,30). The molecule has 160 valence electrons. The van der Waals surface area contributed by atoms with Crippen molar-refractivity contribution in [2.75, 3.05) is 6.54 Å². The van der Waals surface area contributed by atoms with Gasteiger partial charge >= 0.3 is 0 Å². The molecule has 0 radical (unpaired) electrons. The maximum atomic E-state index is 13.3. The molecule has 6 nitrogen and oxygen atoms in total. The Labute approximate surface area is 187 Å². The molecule has 0 aliphatic carbocycles. The first kappa shape index (κ1) is 20.1. The summed E-state index contributed by atoms with van der Waals surface area (Å²) < 4.78 is 16.1. The zero-order valence-corrected chi connectivity index (χ0v) is 17.8. The van der Waals surface area contributed by atoms with Gasteiger partial charge in [-0.3, -0.25) is 9.59 Å². The molecule has 0 atom stereocenters. The van der Waals surface area contributed by atoms with E-state index in [-0.39, 0.29) is 30.7 Å². The van der Waals surface area contributed by atoms with Crippen molar-refractivity contribution in [2.24, 2.45) is 5.10 Å². The van der Waals surface area contributed by atoms with Crippen LogP contribution in [0.1, 0.15) is 21.6 Å². The van der Waals surface area contributed by atoms with Gasteiger partial charge in [-0.1, -0.05) is 42.5 Å². The lowest BCUT2D eigenvalue weighted by atomic mass is 10.1. The van der Waals surface area contributed by atoms with Gasteiger partial charge in [0.15, 0.2) is 0 Å². The van der Waals surface area contributed by atoms with Gasteiger partial charge in [-0.15, -0.1) is 11.3 Å². The molecule has 2 aromatic heterocycles. The van der Waals surface area contributed by atoms with Crippen molar-refractivity contribution in [3.05, 3.63) is 94.7 Å². The van der Waals surface area contributed by atoms with Gasteiger partial charge in [-0.2, -0.15) is 5.10 Å². The average molecular weight is 447 g/mol. The van der Waals surface area contributed by atoms with Crippen molar-refractivity contribution in [3.8, 4) is 0 Å². The maximum Gasteiger partial charge on any atom is 0.291 e. The fraction of sp³-hybridized carbons (Fsp3) is 0.125. The van der Waals surface area contributed by atoms with Crippen LogP contribution in [0.15, 0.2) is 77.2 Å². The van der Waals surface area contributed by atoms with E-state index in [1.54, 1.807) is 23.5 Å². The molecule has 8 heteroatoms. The summed E-state index contributed by atoms with van der Waals surface area (Å²) >= 11 is 1.57. The number of thiophene rings is 1. The third-order valence-corrected chi connectivity index (χ3v) is 6.18. The van der Waals surface area contributed by atoms with E-state index in [1.165, 1.54) is 17.1 Å². The van der Waals surface area contributed by atoms with Crippen LogP contribution >= 0.6 is 11.3 Å². The van der Waals surface area contributed by atoms with Crippen LogP contribution in [0.5, 0.6) is 0 Å². The van der Waals surface area contributed by atoms with Gasteiger partial charge in [0.1, 0.15) is 18.1 Å². The zero-order chi connectivity index (χ0) is 22.1. The molecule has 0 fully saturated rings. The number of hydrogen-bond donors (Lipinski definition) is 1. The number of benzene rings is 2. The first-order valence-corrected chi connectivity index (χ1v) is 11.0. The molecule has 0 bridgehead atoms. The van der Waals surface area contributed by atoms with Crippen LogP contribution in [0.2, 0.25) is 0 Å². The number of hydrazone groups is 1. The monoisotopic (exact) mass is 446 g/mol. The Morgan fingerprint density at radius 1 is 1.09 bits per heavy atom. The maximum absolute atomic E-state index is 13.3. The summed E-state index contributed by atoms with van der Waals surface area (Å²) in [6.07, 6.45) is 0. The highest BCUT2D eigenvalue weighted by Gasteiger charge is 2.28. The molecule has 0 saturated carbocycles. The molecule has 2 amide bonds. The summed E-state index contributed by atoms with van der Waals surface area (Å²) in [6.45, 7) is 0.455. The van der Waals surface area contributed by atoms with Gasteiger partial charge in [0.05, 0.1) is 22.5 Å². The van der Waals surface area contributed by atoms with Crippen LogP contribution < -0.4 is 5.32 Å². The number of hydrogen-bond acceptors (Lipinski definition) is 4. The van der Waals surface area contributed by atoms with E-state index in [9.17, 15) is 14.0 Å². The molecular formula is C24H19FN4O2S. The van der Waals surface area contributed by atoms with Crippen molar-refractivity contribution in [1.82, 2.24) is 14.9 Å². The fourth-order valence-electron chi connectivity index (χ4n) is 3.71. The van der Waals surface area contributed by atoms with Crippen molar-refractivity contribution in [3.63, 3.8) is 0 Å². The number of rotatable bonds is 5. The smallest absolute Gasteiger partial charge is 0.291 e. The second-order valence-electron chi connectivity index (χ2n) is 7.46. The van der Waals surface area contributed by atoms with Crippen LogP contribution in [0.4, 0.5) is 4.39 Å². The van der Waals surface area contributed by atoms with E-state index in [4.69, 9.17) is 0 Å². The van der Waals surface area contributed by atoms with Crippen LogP contribution in [-0.2, 0) is 17.9 Å². The summed E-state index contributed by atoms with van der Waals surface area (Å²) in [6, 6.07) is 19.4. The number of nitrogens with one attached hydrogen (secondary N) is 1. The highest BCUT2D eigenvalue weighted by molar-refractivity contribution is 7.17. The van der Waals surface area contributed by atoms with Gasteiger partial charge < -0.3 is 9.88 Å². The Bertz CT molecular complexity index is 1330. The third-order valence-electron chi connectivity index (χ3n) is 5.33. The van der Waals surface area contributed by atoms with Crippen LogP contribution in [-0.4, -0.2) is 33.6 Å². The molecule has 1 aliphatic rings. The van der Waals surface area contributed by atoms with Crippen LogP contribution in [0.3, 0.4) is 0 Å². The van der Waals surface area contributed by atoms with Crippen molar-refractivity contribution < 1.29 is 14.0 Å². The van der Waals surface area contributed by atoms with Crippen LogP contribution in [0, 0.1) is 5.82 Å². The van der Waals surface area contributed by atoms with E-state index in [0.29, 0.717) is 18.0 Å². The lowest BCUT2D eigenvalue weighted by Crippen LogP contribution is -2.37. The molecule has 1 N–H and O–H groups in total. The minimum Gasteiger partial charge on any atom is -0.350 e. The van der Waals surface area contributed by atoms with E-state index in [1.807, 2.05) is 52.4 Å². The summed E-state index contributed by atoms with van der Waals surface area (Å²) in [5.74, 6) is -1.00. The normalized spacial score (nSPS) is 13.6. The molecule has 0 unspecified atom stereocenters. The first-order valence-electron chi connectivity index (χ1n) is 10.1. The SMILES string of the molecule is O=C(CN1N=C(c2ccccc2)Cn2c(cc3sccc32)C1=O)NCc1ccc(F)cc1. The van der Waals surface area contributed by atoms with Gasteiger partial charge in [0.25, 0.3) is 5.91 Å². The Hall–Kier alpha value is -3.78. The van der Waals surface area contributed by atoms with Crippen molar-refractivity contribution in [1.29, 1.82) is 0 Å². The first-order chi connectivity index (χ1) is 15.6. The quantitative estimate of drug-likeness (QED) is 0.503. The lowest BCUT2D eigenvalue weighted by molar-refractivity contribution is -0.121.